The highest BCUT2D eigenvalue weighted by Gasteiger charge is 2.44. The topological polar surface area (TPSA) is 846 Å². The standard InChI is InChI=1S/C78H110N22O30S6/c1-32(2)18-41-63(115)95-52-31-135-136-76(75(127)90-45(78(129)130)20-36-9-13-38(105)14-10-36)98-57(109)24-83-74(126)59(34(4)103)99-72(124)51-30-134-131-27-48(68(120)85-40(62(114)86-41)15-16-58(110)111)96-70(122)50(29-133-132-28-49(97-71(52)123)69(121)89-44(23-56(82)108)77(128)100-17-5-6-53(100)73(125)84-33(3)60(112)93-51)94-64(116)42(19-35-7-11-37(104)12-8-35)87-65(117)43(22-55(81)107)88-66(118)47(26-102)92-67(119)46(25-101)91-61(113)39(79)21-54(80)106/h7-14,32-34,39-53,59,76,101-105H,5-6,15-31,79H2,1-4H3,(H2,80,106)(H2,81,107)(H2,82,108)(H,83,126)(H,84,125)(H,85,120)(H,86,114)(H,87,117)(H,88,118)(H,89,121)(H,90,127)(H,91,113)(H,92,119)(H,93,112)(H,94,116)(H,95,115)(H,96,122)(H,97,123)(H,98,109)(H,99,124)(H,110,111)(H,129,130)/t33-,34+,39-,40-,41-,42-,43-,44-,45-,46-,47-,48-,49-,50-,51-,52-,53?,59-,76?/m0/s1. The molecule has 52 nitrogen and oxygen atoms in total. The van der Waals surface area contributed by atoms with Crippen LogP contribution in [0.2, 0.25) is 0 Å². The summed E-state index contributed by atoms with van der Waals surface area (Å²) in [4.78, 5) is 328. The number of phenols is 2. The summed E-state index contributed by atoms with van der Waals surface area (Å²) >= 11 is 0. The van der Waals surface area contributed by atoms with Crippen molar-refractivity contribution in [2.45, 2.75) is 206 Å². The number of primary amides is 3. The minimum Gasteiger partial charge on any atom is -0.508 e. The molecule has 0 saturated carbocycles. The zero-order valence-electron chi connectivity index (χ0n) is 73.3. The molecule has 2 aromatic rings. The number of carboxylic acids is 2. The van der Waals surface area contributed by atoms with E-state index < -0.39 is 350 Å². The van der Waals surface area contributed by atoms with Crippen LogP contribution in [0, 0.1) is 5.92 Å². The highest BCUT2D eigenvalue weighted by atomic mass is 33.1. The number of nitrogens with two attached hydrogens (primary N) is 4. The van der Waals surface area contributed by atoms with E-state index in [0.717, 1.165) is 30.9 Å². The molecule has 748 valence electrons. The number of hydrogen-bond donors (Lipinski definition) is 28. The number of nitrogens with zero attached hydrogens (tertiary/aromatic N) is 1. The number of fused-ring (bicyclic) bond motifs is 20. The average molecular weight is 2030 g/mol. The van der Waals surface area contributed by atoms with E-state index in [2.05, 4.69) is 79.8 Å². The quantitative estimate of drug-likeness (QED) is 0.0246. The largest absolute Gasteiger partial charge is 0.508 e. The maximum absolute atomic E-state index is 15.6. The summed E-state index contributed by atoms with van der Waals surface area (Å²) in [5.41, 5.74) is 22.4. The molecule has 0 aliphatic carbocycles. The molecule has 19 atom stereocenters. The lowest BCUT2D eigenvalue weighted by molar-refractivity contribution is -0.143. The van der Waals surface area contributed by atoms with Gasteiger partial charge in [0.25, 0.3) is 5.91 Å². The van der Waals surface area contributed by atoms with Gasteiger partial charge in [-0.1, -0.05) is 103 Å². The molecule has 0 spiro atoms. The van der Waals surface area contributed by atoms with Gasteiger partial charge in [0.05, 0.1) is 51.2 Å². The Morgan fingerprint density at radius 1 is 0.485 bits per heavy atom. The van der Waals surface area contributed by atoms with E-state index >= 15 is 38.4 Å². The molecule has 0 aromatic heterocycles. The Hall–Kier alpha value is -12.2. The van der Waals surface area contributed by atoms with Gasteiger partial charge in [0.2, 0.25) is 118 Å². The van der Waals surface area contributed by atoms with Gasteiger partial charge in [-0.3, -0.25) is 105 Å². The minimum absolute atomic E-state index is 0.0728. The first-order chi connectivity index (χ1) is 64.1. The molecule has 4 fully saturated rings. The number of rotatable bonds is 31. The van der Waals surface area contributed by atoms with Gasteiger partial charge in [0.15, 0.2) is 5.37 Å². The molecule has 0 radical (unpaired) electrons. The number of amides is 21. The van der Waals surface area contributed by atoms with Crippen molar-refractivity contribution in [1.29, 1.82) is 0 Å². The van der Waals surface area contributed by atoms with Crippen molar-refractivity contribution < 1.29 is 146 Å². The Labute approximate surface area is 798 Å². The molecular formula is C78H110N22O30S6. The number of nitrogens with one attached hydrogen (secondary N) is 17. The second-order valence-corrected chi connectivity index (χ2v) is 39.4. The lowest BCUT2D eigenvalue weighted by Gasteiger charge is -2.30. The zero-order valence-corrected chi connectivity index (χ0v) is 78.2. The van der Waals surface area contributed by atoms with Gasteiger partial charge in [0.1, 0.15) is 108 Å². The number of phenolic OH excluding ortho intramolecular Hbond substituents is 2. The van der Waals surface area contributed by atoms with Gasteiger partial charge in [0, 0.05) is 54.6 Å². The molecule has 4 bridgehead atoms. The predicted octanol–water partition coefficient (Wildman–Crippen LogP) is -11.8. The van der Waals surface area contributed by atoms with E-state index in [1.807, 2.05) is 10.6 Å². The Kier molecular flexibility index (Phi) is 45.6. The molecule has 4 aliphatic heterocycles. The van der Waals surface area contributed by atoms with Crippen LogP contribution in [0.1, 0.15) is 90.2 Å². The van der Waals surface area contributed by atoms with E-state index in [9.17, 15) is 108 Å². The first-order valence-electron chi connectivity index (χ1n) is 41.9. The van der Waals surface area contributed by atoms with Crippen molar-refractivity contribution in [3.63, 3.8) is 0 Å². The van der Waals surface area contributed by atoms with Gasteiger partial charge in [-0.05, 0) is 80.8 Å². The second-order valence-electron chi connectivity index (χ2n) is 31.8. The Morgan fingerprint density at radius 2 is 0.949 bits per heavy atom. The summed E-state index contributed by atoms with van der Waals surface area (Å²) < 4.78 is 0. The van der Waals surface area contributed by atoms with Crippen LogP contribution in [0.25, 0.3) is 0 Å². The molecule has 32 N–H and O–H groups in total. The molecule has 21 amide bonds. The maximum Gasteiger partial charge on any atom is 0.326 e. The van der Waals surface area contributed by atoms with E-state index in [4.69, 9.17) is 22.9 Å². The molecule has 2 aromatic carbocycles. The van der Waals surface area contributed by atoms with Gasteiger partial charge in [-0.25, -0.2) is 4.79 Å². The normalized spacial score (nSPS) is 24.2. The molecule has 2 unspecified atom stereocenters. The van der Waals surface area contributed by atoms with Crippen molar-refractivity contribution in [3.8, 4) is 11.5 Å². The Balaban J connectivity index is 1.61. The summed E-state index contributed by atoms with van der Waals surface area (Å²) in [5, 5.41) is 110. The Morgan fingerprint density at radius 3 is 1.47 bits per heavy atom. The predicted molar refractivity (Wildman–Crippen MR) is 487 cm³/mol. The summed E-state index contributed by atoms with van der Waals surface area (Å²) in [7, 11) is 3.20. The van der Waals surface area contributed by atoms with Gasteiger partial charge in [-0.2, -0.15) is 0 Å². The van der Waals surface area contributed by atoms with Gasteiger partial charge >= 0.3 is 11.9 Å². The number of hydrogen-bond acceptors (Lipinski definition) is 35. The number of aromatic hydroxyl groups is 2. The van der Waals surface area contributed by atoms with Crippen molar-refractivity contribution in [2.24, 2.45) is 28.9 Å². The SMILES string of the molecule is CC(C)C[C@@H]1NC(=O)[C@H](CCC(=O)O)NC(=O)[C@@H]2CSSC[C@@H]3NC(=O)[C@H](C)NC(=O)C4CCCN4C(=O)[C@H](CC(N)=O)NC(=O)[C@H](CSSC[C@H](NC(=O)[C@H](Cc4ccc(O)cc4)NC(=O)[C@H](CC(N)=O)NC(=O)[C@H](CO)NC(=O)[C@H](CO)NC(=O)[C@@H](N)CC(N)=O)C(=O)N2)NC(=O)[C@H](CSSC(C(=O)N[C@@H](Cc2ccc(O)cc2)C(=O)O)NC(=O)CNC(=O)[C@H]([C@@H](C)O)NC3=O)NC1=O. The molecule has 4 aliphatic rings. The minimum atomic E-state index is -2.18. The zero-order chi connectivity index (χ0) is 101. The molecule has 58 heteroatoms. The van der Waals surface area contributed by atoms with Crippen molar-refractivity contribution in [3.05, 3.63) is 59.7 Å². The number of carboxylic acid groups (broad SMARTS) is 2. The first kappa shape index (κ1) is 113. The smallest absolute Gasteiger partial charge is 0.326 e. The molecule has 4 heterocycles. The van der Waals surface area contributed by atoms with E-state index in [0.29, 0.717) is 64.8 Å². The monoisotopic (exact) mass is 2030 g/mol. The van der Waals surface area contributed by atoms with Crippen LogP contribution in [-0.4, -0.2) is 346 Å². The maximum atomic E-state index is 15.6. The average Bonchev–Trinajstić information content (AvgIpc) is 1.64. The highest BCUT2D eigenvalue weighted by molar-refractivity contribution is 8.77. The lowest BCUT2D eigenvalue weighted by Crippen LogP contribution is -2.62. The molecular weight excluding hydrogens is 1920 g/mol. The fourth-order valence-corrected chi connectivity index (χ4v) is 20.2. The number of benzene rings is 2. The molecule has 4 saturated heterocycles. The number of carbonyl (C=O) groups excluding carboxylic acids is 21. The third-order valence-corrected chi connectivity index (χ3v) is 27.7. The van der Waals surface area contributed by atoms with E-state index in [1.54, 1.807) is 13.8 Å². The summed E-state index contributed by atoms with van der Waals surface area (Å²) in [6.07, 6.45) is -8.08. The first-order valence-corrected chi connectivity index (χ1v) is 49.2. The van der Waals surface area contributed by atoms with E-state index in [1.165, 1.54) is 36.4 Å². The van der Waals surface area contributed by atoms with Gasteiger partial charge in [-0.15, -0.1) is 0 Å². The third kappa shape index (κ3) is 36.8. The summed E-state index contributed by atoms with van der Waals surface area (Å²) in [6, 6.07) is -23.3. The molecule has 136 heavy (non-hydrogen) atoms. The third-order valence-electron chi connectivity index (χ3n) is 20.3. The molecule has 6 rings (SSSR count). The van der Waals surface area contributed by atoms with Crippen LogP contribution in [0.4, 0.5) is 0 Å². The van der Waals surface area contributed by atoms with Crippen LogP contribution in [0.5, 0.6) is 11.5 Å². The lowest BCUT2D eigenvalue weighted by atomic mass is 10.0. The van der Waals surface area contributed by atoms with Crippen LogP contribution in [0.15, 0.2) is 48.5 Å². The highest BCUT2D eigenvalue weighted by Crippen LogP contribution is 2.30. The van der Waals surface area contributed by atoms with Crippen LogP contribution < -0.4 is 113 Å². The van der Waals surface area contributed by atoms with Crippen molar-refractivity contribution in [2.75, 3.05) is 55.1 Å². The summed E-state index contributed by atoms with van der Waals surface area (Å²) in [5.74, 6) is -35.2. The summed E-state index contributed by atoms with van der Waals surface area (Å²) in [6.45, 7) is 1.42. The number of aliphatic hydroxyl groups excluding tert-OH is 3. The fourth-order valence-electron chi connectivity index (χ4n) is 13.1. The fraction of sp³-hybridized carbons (Fsp3) is 0.551. The number of carbonyl (C=O) groups is 23. The van der Waals surface area contributed by atoms with E-state index in [-0.39, 0.29) is 48.4 Å². The van der Waals surface area contributed by atoms with Crippen LogP contribution in [-0.2, 0) is 123 Å². The van der Waals surface area contributed by atoms with Crippen molar-refractivity contribution in [1.82, 2.24) is 95.3 Å². The van der Waals surface area contributed by atoms with Crippen LogP contribution in [0.3, 0.4) is 0 Å². The van der Waals surface area contributed by atoms with Crippen LogP contribution >= 0.6 is 64.8 Å². The number of aliphatic hydroxyl groups is 3. The second kappa shape index (κ2) is 55.1. The van der Waals surface area contributed by atoms with Gasteiger partial charge < -0.3 is 154 Å². The van der Waals surface area contributed by atoms with Crippen molar-refractivity contribution >= 4 is 201 Å². The Bertz CT molecular complexity index is 4730. The number of aliphatic carboxylic acids is 2.